The summed E-state index contributed by atoms with van der Waals surface area (Å²) in [6.45, 7) is 0. The molecule has 0 radical (unpaired) electrons. The minimum atomic E-state index is -0.609. The number of carbonyl (C=O) groups excluding carboxylic acids is 2. The minimum absolute atomic E-state index is 0.0647. The summed E-state index contributed by atoms with van der Waals surface area (Å²) in [5.41, 5.74) is 0.690. The number of carbonyl (C=O) groups is 2. The van der Waals surface area contributed by atoms with Gasteiger partial charge in [0, 0.05) is 15.6 Å². The van der Waals surface area contributed by atoms with Crippen molar-refractivity contribution in [1.82, 2.24) is 4.57 Å². The first-order valence-corrected chi connectivity index (χ1v) is 8.98. The molecule has 0 aliphatic rings. The van der Waals surface area contributed by atoms with Gasteiger partial charge in [0.1, 0.15) is 0 Å². The number of hydrogen-bond donors (Lipinski definition) is 0. The fraction of sp³-hybridized carbons (Fsp3) is 0. The first kappa shape index (κ1) is 17.8. The van der Waals surface area contributed by atoms with E-state index in [1.807, 2.05) is 0 Å². The number of thiazole rings is 1. The monoisotopic (exact) mass is 409 g/mol. The van der Waals surface area contributed by atoms with Gasteiger partial charge >= 0.3 is 5.97 Å². The van der Waals surface area contributed by atoms with E-state index in [1.54, 1.807) is 36.4 Å². The zero-order valence-corrected chi connectivity index (χ0v) is 15.6. The van der Waals surface area contributed by atoms with Gasteiger partial charge < -0.3 is 4.74 Å². The van der Waals surface area contributed by atoms with Crippen molar-refractivity contribution >= 4 is 58.6 Å². The predicted molar refractivity (Wildman–Crippen MR) is 101 cm³/mol. The highest BCUT2D eigenvalue weighted by Crippen LogP contribution is 2.23. The Morgan fingerprint density at radius 2 is 1.44 bits per heavy atom. The zero-order chi connectivity index (χ0) is 18.0. The molecule has 8 heteroatoms. The van der Waals surface area contributed by atoms with Crippen LogP contribution in [0.2, 0.25) is 10.0 Å². The standard InChI is InChI=1S/C17H9Cl2NO3S2/c18-12-5-1-10(2-6-12)15(21)20-14(9-25-17(20)24)23-16(22)11-3-7-13(19)8-4-11/h1-9H. The average Bonchev–Trinajstić information content (AvgIpc) is 2.96. The van der Waals surface area contributed by atoms with E-state index in [2.05, 4.69) is 0 Å². The summed E-state index contributed by atoms with van der Waals surface area (Å²) in [5.74, 6) is -0.946. The quantitative estimate of drug-likeness (QED) is 0.423. The Morgan fingerprint density at radius 3 is 2.00 bits per heavy atom. The number of aromatic nitrogens is 1. The third-order valence-electron chi connectivity index (χ3n) is 3.23. The maximum absolute atomic E-state index is 12.7. The highest BCUT2D eigenvalue weighted by atomic mass is 35.5. The summed E-state index contributed by atoms with van der Waals surface area (Å²) in [7, 11) is 0. The Labute approximate surface area is 162 Å². The molecule has 0 aliphatic carbocycles. The van der Waals surface area contributed by atoms with Crippen LogP contribution in [0.15, 0.2) is 53.9 Å². The Bertz CT molecular complexity index is 992. The lowest BCUT2D eigenvalue weighted by molar-refractivity contribution is 0.0716. The molecule has 0 amide bonds. The Morgan fingerprint density at radius 1 is 0.920 bits per heavy atom. The van der Waals surface area contributed by atoms with Crippen molar-refractivity contribution < 1.29 is 14.3 Å². The van der Waals surface area contributed by atoms with Crippen LogP contribution in [0.3, 0.4) is 0 Å². The topological polar surface area (TPSA) is 48.3 Å². The van der Waals surface area contributed by atoms with Crippen molar-refractivity contribution in [3.63, 3.8) is 0 Å². The number of nitrogens with zero attached hydrogens (tertiary/aromatic N) is 1. The van der Waals surface area contributed by atoms with Crippen LogP contribution in [0, 0.1) is 3.95 Å². The maximum atomic E-state index is 12.7. The summed E-state index contributed by atoms with van der Waals surface area (Å²) in [6.07, 6.45) is 0. The summed E-state index contributed by atoms with van der Waals surface area (Å²) in [5, 5.41) is 2.54. The van der Waals surface area contributed by atoms with Gasteiger partial charge in [-0.1, -0.05) is 23.2 Å². The molecule has 1 aromatic heterocycles. The van der Waals surface area contributed by atoms with Crippen LogP contribution in [0.1, 0.15) is 20.7 Å². The average molecular weight is 410 g/mol. The highest BCUT2D eigenvalue weighted by molar-refractivity contribution is 7.73. The summed E-state index contributed by atoms with van der Waals surface area (Å²) in [4.78, 5) is 24.9. The lowest BCUT2D eigenvalue weighted by Gasteiger charge is -2.08. The number of hydrogen-bond acceptors (Lipinski definition) is 5. The van der Waals surface area contributed by atoms with E-state index in [0.717, 1.165) is 11.3 Å². The van der Waals surface area contributed by atoms with Gasteiger partial charge in [-0.05, 0) is 60.7 Å². The molecule has 1 heterocycles. The van der Waals surface area contributed by atoms with E-state index in [-0.39, 0.29) is 9.83 Å². The first-order valence-electron chi connectivity index (χ1n) is 6.94. The van der Waals surface area contributed by atoms with Crippen LogP contribution in [0.4, 0.5) is 0 Å². The Kier molecular flexibility index (Phi) is 5.34. The lowest BCUT2D eigenvalue weighted by atomic mass is 10.2. The molecule has 2 aromatic carbocycles. The van der Waals surface area contributed by atoms with Crippen molar-refractivity contribution in [2.75, 3.05) is 0 Å². The smallest absolute Gasteiger partial charge is 0.344 e. The van der Waals surface area contributed by atoms with Gasteiger partial charge in [-0.3, -0.25) is 4.79 Å². The number of ether oxygens (including phenoxy) is 1. The molecule has 0 bridgehead atoms. The molecule has 0 aliphatic heterocycles. The molecule has 25 heavy (non-hydrogen) atoms. The molecule has 0 saturated carbocycles. The van der Waals surface area contributed by atoms with E-state index < -0.39 is 11.9 Å². The third-order valence-corrected chi connectivity index (χ3v) is 4.91. The van der Waals surface area contributed by atoms with Crippen molar-refractivity contribution in [2.24, 2.45) is 0 Å². The van der Waals surface area contributed by atoms with Gasteiger partial charge in [-0.15, -0.1) is 11.3 Å². The van der Waals surface area contributed by atoms with Crippen LogP contribution in [-0.4, -0.2) is 16.4 Å². The SMILES string of the molecule is O=C(Oc1csc(=S)n1C(=O)c1ccc(Cl)cc1)c1ccc(Cl)cc1. The van der Waals surface area contributed by atoms with Gasteiger partial charge in [-0.2, -0.15) is 0 Å². The number of halogens is 2. The van der Waals surface area contributed by atoms with Gasteiger partial charge in [-0.25, -0.2) is 9.36 Å². The third kappa shape index (κ3) is 3.99. The normalized spacial score (nSPS) is 10.5. The molecule has 3 aromatic rings. The largest absolute Gasteiger partial charge is 0.404 e. The molecule has 0 unspecified atom stereocenters. The number of rotatable bonds is 3. The fourth-order valence-corrected chi connectivity index (χ4v) is 3.21. The Balaban J connectivity index is 1.90. The van der Waals surface area contributed by atoms with Gasteiger partial charge in [0.05, 0.1) is 10.9 Å². The van der Waals surface area contributed by atoms with Crippen molar-refractivity contribution in [3.05, 3.63) is 79.0 Å². The molecular weight excluding hydrogens is 401 g/mol. The highest BCUT2D eigenvalue weighted by Gasteiger charge is 2.19. The van der Waals surface area contributed by atoms with Crippen molar-refractivity contribution in [2.45, 2.75) is 0 Å². The second-order valence-corrected chi connectivity index (χ2v) is 7.26. The van der Waals surface area contributed by atoms with Crippen LogP contribution in [-0.2, 0) is 0 Å². The number of benzene rings is 2. The minimum Gasteiger partial charge on any atom is -0.404 e. The molecule has 0 fully saturated rings. The second-order valence-electron chi connectivity index (χ2n) is 4.88. The molecule has 0 atom stereocenters. The number of esters is 1. The second kappa shape index (κ2) is 7.49. The van der Waals surface area contributed by atoms with E-state index in [1.165, 1.54) is 22.1 Å². The molecule has 0 N–H and O–H groups in total. The Hall–Kier alpha value is -1.99. The van der Waals surface area contributed by atoms with E-state index in [9.17, 15) is 9.59 Å². The van der Waals surface area contributed by atoms with Gasteiger partial charge in [0.2, 0.25) is 5.88 Å². The van der Waals surface area contributed by atoms with E-state index in [0.29, 0.717) is 21.2 Å². The van der Waals surface area contributed by atoms with Crippen LogP contribution in [0.25, 0.3) is 0 Å². The van der Waals surface area contributed by atoms with Crippen LogP contribution in [0.5, 0.6) is 5.88 Å². The van der Waals surface area contributed by atoms with Crippen molar-refractivity contribution in [3.8, 4) is 5.88 Å². The molecule has 4 nitrogen and oxygen atoms in total. The summed E-state index contributed by atoms with van der Waals surface area (Å²) >= 11 is 18.0. The summed E-state index contributed by atoms with van der Waals surface area (Å²) in [6, 6.07) is 12.6. The fourth-order valence-electron chi connectivity index (χ4n) is 2.01. The maximum Gasteiger partial charge on any atom is 0.344 e. The molecule has 0 saturated heterocycles. The summed E-state index contributed by atoms with van der Waals surface area (Å²) < 4.78 is 6.79. The van der Waals surface area contributed by atoms with Crippen LogP contribution < -0.4 is 4.74 Å². The molecule has 0 spiro atoms. The van der Waals surface area contributed by atoms with Gasteiger partial charge in [0.15, 0.2) is 3.95 Å². The van der Waals surface area contributed by atoms with E-state index in [4.69, 9.17) is 40.2 Å². The first-order chi connectivity index (χ1) is 12.0. The molecule has 126 valence electrons. The molecule has 3 rings (SSSR count). The van der Waals surface area contributed by atoms with Crippen molar-refractivity contribution in [1.29, 1.82) is 0 Å². The van der Waals surface area contributed by atoms with E-state index >= 15 is 0 Å². The predicted octanol–water partition coefficient (Wildman–Crippen LogP) is 5.49. The zero-order valence-electron chi connectivity index (χ0n) is 12.4. The van der Waals surface area contributed by atoms with Crippen LogP contribution >= 0.6 is 46.8 Å². The molecular formula is C17H9Cl2NO3S2. The van der Waals surface area contributed by atoms with Gasteiger partial charge in [0.25, 0.3) is 5.91 Å². The lowest BCUT2D eigenvalue weighted by Crippen LogP contribution is -2.17.